The van der Waals surface area contributed by atoms with Crippen molar-refractivity contribution in [3.63, 3.8) is 0 Å². The van der Waals surface area contributed by atoms with Crippen molar-refractivity contribution in [3.8, 4) is 0 Å². The number of pyridine rings is 1. The molecule has 1 aliphatic rings. The van der Waals surface area contributed by atoms with Crippen molar-refractivity contribution in [2.24, 2.45) is 0 Å². The normalized spacial score (nSPS) is 17.1. The molecule has 1 amide bonds. The van der Waals surface area contributed by atoms with E-state index >= 15 is 0 Å². The first-order valence-electron chi connectivity index (χ1n) is 5.69. The molecule has 0 aliphatic carbocycles. The number of carbonyl (C=O) groups excluding carboxylic acids is 1. The number of anilines is 1. The van der Waals surface area contributed by atoms with E-state index < -0.39 is 0 Å². The van der Waals surface area contributed by atoms with Crippen LogP contribution in [0.4, 0.5) is 5.69 Å². The molecule has 0 atom stereocenters. The summed E-state index contributed by atoms with van der Waals surface area (Å²) in [4.78, 5) is 15.1. The Morgan fingerprint density at radius 2 is 2.19 bits per heavy atom. The fraction of sp³-hybridized carbons (Fsp3) is 0.500. The molecule has 2 heterocycles. The number of nitrogens with one attached hydrogen (secondary N) is 2. The maximum atomic E-state index is 11.0. The van der Waals surface area contributed by atoms with Gasteiger partial charge in [-0.05, 0) is 43.5 Å². The number of hydrogen-bond donors (Lipinski definition) is 2. The summed E-state index contributed by atoms with van der Waals surface area (Å²) < 4.78 is 0. The number of carbonyl (C=O) groups is 1. The molecule has 4 nitrogen and oxygen atoms in total. The Morgan fingerprint density at radius 1 is 1.44 bits per heavy atom. The van der Waals surface area contributed by atoms with Crippen LogP contribution >= 0.6 is 0 Å². The van der Waals surface area contributed by atoms with Gasteiger partial charge in [-0.25, -0.2) is 0 Å². The Bertz CT molecular complexity index is 372. The van der Waals surface area contributed by atoms with Crippen molar-refractivity contribution in [1.29, 1.82) is 0 Å². The molecule has 0 radical (unpaired) electrons. The Kier molecular flexibility index (Phi) is 3.51. The lowest BCUT2D eigenvalue weighted by Gasteiger charge is -2.22. The van der Waals surface area contributed by atoms with Gasteiger partial charge in [0.15, 0.2) is 0 Å². The standard InChI is InChI=1S/C12H17N3O/c1-9(16)15-12-6-11(7-14-8-12)10-2-4-13-5-3-10/h6-8,10,13H,2-5H2,1H3,(H,15,16). The van der Waals surface area contributed by atoms with E-state index in [1.165, 1.54) is 12.5 Å². The van der Waals surface area contributed by atoms with E-state index in [1.807, 2.05) is 12.3 Å². The van der Waals surface area contributed by atoms with Gasteiger partial charge in [-0.3, -0.25) is 9.78 Å². The second-order valence-corrected chi connectivity index (χ2v) is 4.21. The van der Waals surface area contributed by atoms with Crippen molar-refractivity contribution in [2.75, 3.05) is 18.4 Å². The first kappa shape index (κ1) is 11.1. The second kappa shape index (κ2) is 5.07. The van der Waals surface area contributed by atoms with Crippen molar-refractivity contribution in [3.05, 3.63) is 24.0 Å². The predicted molar refractivity (Wildman–Crippen MR) is 63.4 cm³/mol. The smallest absolute Gasteiger partial charge is 0.221 e. The summed E-state index contributed by atoms with van der Waals surface area (Å²) in [5.74, 6) is 0.520. The molecule has 0 saturated carbocycles. The lowest BCUT2D eigenvalue weighted by Crippen LogP contribution is -2.26. The van der Waals surface area contributed by atoms with E-state index in [0.717, 1.165) is 31.6 Å². The molecule has 1 saturated heterocycles. The van der Waals surface area contributed by atoms with Crippen LogP contribution in [0.15, 0.2) is 18.5 Å². The van der Waals surface area contributed by atoms with Gasteiger partial charge in [-0.2, -0.15) is 0 Å². The van der Waals surface area contributed by atoms with E-state index in [-0.39, 0.29) is 5.91 Å². The third-order valence-corrected chi connectivity index (χ3v) is 2.89. The lowest BCUT2D eigenvalue weighted by atomic mass is 9.91. The zero-order valence-corrected chi connectivity index (χ0v) is 9.49. The topological polar surface area (TPSA) is 54.0 Å². The molecule has 4 heteroatoms. The number of piperidine rings is 1. The molecule has 0 aromatic carbocycles. The highest BCUT2D eigenvalue weighted by Gasteiger charge is 2.15. The third-order valence-electron chi connectivity index (χ3n) is 2.89. The fourth-order valence-corrected chi connectivity index (χ4v) is 2.11. The largest absolute Gasteiger partial charge is 0.325 e. The van der Waals surface area contributed by atoms with E-state index in [4.69, 9.17) is 0 Å². The minimum Gasteiger partial charge on any atom is -0.325 e. The summed E-state index contributed by atoms with van der Waals surface area (Å²) in [7, 11) is 0. The molecule has 0 spiro atoms. The van der Waals surface area contributed by atoms with Crippen LogP contribution in [0.1, 0.15) is 31.2 Å². The number of rotatable bonds is 2. The highest BCUT2D eigenvalue weighted by molar-refractivity contribution is 5.88. The Labute approximate surface area is 95.5 Å². The zero-order chi connectivity index (χ0) is 11.4. The lowest BCUT2D eigenvalue weighted by molar-refractivity contribution is -0.114. The number of nitrogens with zero attached hydrogens (tertiary/aromatic N) is 1. The molecule has 0 bridgehead atoms. The number of amides is 1. The summed E-state index contributed by atoms with van der Waals surface area (Å²) in [6, 6.07) is 2.03. The van der Waals surface area contributed by atoms with Crippen LogP contribution in [0.5, 0.6) is 0 Å². The Morgan fingerprint density at radius 3 is 2.88 bits per heavy atom. The van der Waals surface area contributed by atoms with Crippen LogP contribution in [0, 0.1) is 0 Å². The number of aromatic nitrogens is 1. The van der Waals surface area contributed by atoms with Crippen LogP contribution in [-0.4, -0.2) is 24.0 Å². The zero-order valence-electron chi connectivity index (χ0n) is 9.49. The van der Waals surface area contributed by atoms with E-state index in [2.05, 4.69) is 15.6 Å². The summed E-state index contributed by atoms with van der Waals surface area (Å²) in [5.41, 5.74) is 2.02. The molecule has 1 fully saturated rings. The summed E-state index contributed by atoms with van der Waals surface area (Å²) in [5, 5.41) is 6.11. The predicted octanol–water partition coefficient (Wildman–Crippen LogP) is 1.51. The van der Waals surface area contributed by atoms with Crippen LogP contribution < -0.4 is 10.6 Å². The Hall–Kier alpha value is -1.42. The van der Waals surface area contributed by atoms with Gasteiger partial charge in [0, 0.05) is 13.1 Å². The second-order valence-electron chi connectivity index (χ2n) is 4.21. The monoisotopic (exact) mass is 219 g/mol. The van der Waals surface area contributed by atoms with Gasteiger partial charge in [-0.1, -0.05) is 0 Å². The quantitative estimate of drug-likeness (QED) is 0.792. The van der Waals surface area contributed by atoms with Crippen molar-refractivity contribution < 1.29 is 4.79 Å². The van der Waals surface area contributed by atoms with Crippen molar-refractivity contribution in [1.82, 2.24) is 10.3 Å². The molecule has 1 aliphatic heterocycles. The molecule has 1 aromatic rings. The minimum atomic E-state index is -0.0516. The SMILES string of the molecule is CC(=O)Nc1cncc(C2CCNCC2)c1. The average Bonchev–Trinajstić information content (AvgIpc) is 2.30. The first-order chi connectivity index (χ1) is 7.75. The first-order valence-corrected chi connectivity index (χ1v) is 5.69. The van der Waals surface area contributed by atoms with E-state index in [0.29, 0.717) is 5.92 Å². The highest BCUT2D eigenvalue weighted by atomic mass is 16.1. The van der Waals surface area contributed by atoms with Crippen LogP contribution in [0.25, 0.3) is 0 Å². The molecule has 1 aromatic heterocycles. The Balaban J connectivity index is 2.11. The van der Waals surface area contributed by atoms with Gasteiger partial charge in [0.1, 0.15) is 0 Å². The average molecular weight is 219 g/mol. The number of hydrogen-bond acceptors (Lipinski definition) is 3. The third kappa shape index (κ3) is 2.79. The van der Waals surface area contributed by atoms with Crippen LogP contribution in [-0.2, 0) is 4.79 Å². The molecular weight excluding hydrogens is 202 g/mol. The summed E-state index contributed by atoms with van der Waals surface area (Å²) in [6.07, 6.45) is 5.88. The van der Waals surface area contributed by atoms with Gasteiger partial charge in [0.25, 0.3) is 0 Å². The van der Waals surface area contributed by atoms with Gasteiger partial charge in [-0.15, -0.1) is 0 Å². The molecular formula is C12H17N3O. The maximum Gasteiger partial charge on any atom is 0.221 e. The fourth-order valence-electron chi connectivity index (χ4n) is 2.11. The highest BCUT2D eigenvalue weighted by Crippen LogP contribution is 2.26. The summed E-state index contributed by atoms with van der Waals surface area (Å²) >= 11 is 0. The van der Waals surface area contributed by atoms with Gasteiger partial charge < -0.3 is 10.6 Å². The van der Waals surface area contributed by atoms with Crippen molar-refractivity contribution in [2.45, 2.75) is 25.7 Å². The van der Waals surface area contributed by atoms with E-state index in [9.17, 15) is 4.79 Å². The molecule has 2 N–H and O–H groups in total. The van der Waals surface area contributed by atoms with Gasteiger partial charge >= 0.3 is 0 Å². The van der Waals surface area contributed by atoms with Crippen LogP contribution in [0.2, 0.25) is 0 Å². The molecule has 2 rings (SSSR count). The molecule has 0 unspecified atom stereocenters. The summed E-state index contributed by atoms with van der Waals surface area (Å²) in [6.45, 7) is 3.64. The molecule has 16 heavy (non-hydrogen) atoms. The van der Waals surface area contributed by atoms with Crippen molar-refractivity contribution >= 4 is 11.6 Å². The maximum absolute atomic E-state index is 11.0. The minimum absolute atomic E-state index is 0.0516. The van der Waals surface area contributed by atoms with Gasteiger partial charge in [0.2, 0.25) is 5.91 Å². The van der Waals surface area contributed by atoms with E-state index in [1.54, 1.807) is 6.20 Å². The molecule has 86 valence electrons. The van der Waals surface area contributed by atoms with Crippen LogP contribution in [0.3, 0.4) is 0 Å². The van der Waals surface area contributed by atoms with Gasteiger partial charge in [0.05, 0.1) is 11.9 Å².